The lowest BCUT2D eigenvalue weighted by atomic mass is 10.1. The number of aromatic nitrogens is 2. The summed E-state index contributed by atoms with van der Waals surface area (Å²) in [4.78, 5) is 0. The van der Waals surface area contributed by atoms with Gasteiger partial charge in [0, 0.05) is 23.8 Å². The van der Waals surface area contributed by atoms with Crippen LogP contribution in [0.3, 0.4) is 0 Å². The summed E-state index contributed by atoms with van der Waals surface area (Å²) in [6.45, 7) is 9.00. The molecule has 0 spiro atoms. The SMILES string of the molecule is Cc1ccc(C(C)NCc2c(C)nn(CCO)c2C)cc1F. The lowest BCUT2D eigenvalue weighted by Gasteiger charge is -2.15. The molecule has 2 rings (SSSR count). The maximum Gasteiger partial charge on any atom is 0.126 e. The maximum atomic E-state index is 13.7. The summed E-state index contributed by atoms with van der Waals surface area (Å²) in [5, 5.41) is 16.9. The van der Waals surface area contributed by atoms with Gasteiger partial charge < -0.3 is 10.4 Å². The predicted molar refractivity (Wildman–Crippen MR) is 85.2 cm³/mol. The number of aryl methyl sites for hydroxylation is 2. The van der Waals surface area contributed by atoms with Crippen LogP contribution in [-0.2, 0) is 13.1 Å². The highest BCUT2D eigenvalue weighted by Crippen LogP contribution is 2.18. The molecule has 0 bridgehead atoms. The summed E-state index contributed by atoms with van der Waals surface area (Å²) in [6.07, 6.45) is 0. The quantitative estimate of drug-likeness (QED) is 0.863. The molecule has 2 aromatic rings. The Labute approximate surface area is 131 Å². The van der Waals surface area contributed by atoms with Gasteiger partial charge in [0.2, 0.25) is 0 Å². The van der Waals surface area contributed by atoms with E-state index in [1.54, 1.807) is 19.1 Å². The Balaban J connectivity index is 2.07. The van der Waals surface area contributed by atoms with Gasteiger partial charge in [-0.15, -0.1) is 0 Å². The van der Waals surface area contributed by atoms with Crippen molar-refractivity contribution in [3.05, 3.63) is 52.1 Å². The molecule has 1 aromatic carbocycles. The zero-order chi connectivity index (χ0) is 16.3. The Morgan fingerprint density at radius 1 is 1.32 bits per heavy atom. The Hall–Kier alpha value is -1.72. The smallest absolute Gasteiger partial charge is 0.126 e. The highest BCUT2D eigenvalue weighted by atomic mass is 19.1. The largest absolute Gasteiger partial charge is 0.394 e. The minimum Gasteiger partial charge on any atom is -0.394 e. The van der Waals surface area contributed by atoms with Gasteiger partial charge in [-0.05, 0) is 44.9 Å². The molecule has 0 amide bonds. The second kappa shape index (κ2) is 7.03. The molecule has 0 aliphatic heterocycles. The van der Waals surface area contributed by atoms with E-state index in [2.05, 4.69) is 10.4 Å². The van der Waals surface area contributed by atoms with Gasteiger partial charge in [0.25, 0.3) is 0 Å². The van der Waals surface area contributed by atoms with E-state index < -0.39 is 0 Å². The average Bonchev–Trinajstić information content (AvgIpc) is 2.74. The lowest BCUT2D eigenvalue weighted by Crippen LogP contribution is -2.19. The van der Waals surface area contributed by atoms with Crippen LogP contribution in [0.1, 0.15) is 41.0 Å². The second-order valence-electron chi connectivity index (χ2n) is 5.71. The summed E-state index contributed by atoms with van der Waals surface area (Å²) >= 11 is 0. The molecule has 120 valence electrons. The van der Waals surface area contributed by atoms with E-state index >= 15 is 0 Å². The van der Waals surface area contributed by atoms with Crippen LogP contribution in [0.15, 0.2) is 18.2 Å². The molecule has 4 nitrogen and oxygen atoms in total. The van der Waals surface area contributed by atoms with Gasteiger partial charge in [0.05, 0.1) is 18.8 Å². The first kappa shape index (κ1) is 16.6. The first-order chi connectivity index (χ1) is 10.4. The molecule has 1 aromatic heterocycles. The van der Waals surface area contributed by atoms with Crippen molar-refractivity contribution in [3.8, 4) is 0 Å². The zero-order valence-electron chi connectivity index (χ0n) is 13.7. The topological polar surface area (TPSA) is 50.1 Å². The molecule has 1 heterocycles. The molecule has 0 aliphatic carbocycles. The van der Waals surface area contributed by atoms with Crippen LogP contribution in [-0.4, -0.2) is 21.5 Å². The van der Waals surface area contributed by atoms with Gasteiger partial charge in [0.15, 0.2) is 0 Å². The normalized spacial score (nSPS) is 12.6. The van der Waals surface area contributed by atoms with Crippen LogP contribution in [0.5, 0.6) is 0 Å². The molecule has 1 atom stereocenters. The third-order valence-corrected chi connectivity index (χ3v) is 4.12. The van der Waals surface area contributed by atoms with E-state index in [1.165, 1.54) is 0 Å². The first-order valence-electron chi connectivity index (χ1n) is 7.57. The highest BCUT2D eigenvalue weighted by Gasteiger charge is 2.13. The van der Waals surface area contributed by atoms with Gasteiger partial charge in [-0.3, -0.25) is 4.68 Å². The van der Waals surface area contributed by atoms with Crippen LogP contribution >= 0.6 is 0 Å². The number of aliphatic hydroxyl groups excluding tert-OH is 1. The minimum absolute atomic E-state index is 0.0510. The lowest BCUT2D eigenvalue weighted by molar-refractivity contribution is 0.267. The van der Waals surface area contributed by atoms with Gasteiger partial charge in [0.1, 0.15) is 5.82 Å². The number of hydrogen-bond donors (Lipinski definition) is 2. The molecular formula is C17H24FN3O. The van der Waals surface area contributed by atoms with Crippen LogP contribution in [0.25, 0.3) is 0 Å². The minimum atomic E-state index is -0.172. The number of rotatable bonds is 6. The molecule has 0 saturated heterocycles. The van der Waals surface area contributed by atoms with Crippen molar-refractivity contribution in [2.45, 2.75) is 46.8 Å². The molecule has 22 heavy (non-hydrogen) atoms. The average molecular weight is 305 g/mol. The Bertz CT molecular complexity index is 652. The first-order valence-corrected chi connectivity index (χ1v) is 7.57. The number of benzene rings is 1. The van der Waals surface area contributed by atoms with E-state index in [-0.39, 0.29) is 18.5 Å². The maximum absolute atomic E-state index is 13.7. The van der Waals surface area contributed by atoms with E-state index in [0.717, 1.165) is 22.5 Å². The van der Waals surface area contributed by atoms with E-state index in [9.17, 15) is 4.39 Å². The molecule has 0 aliphatic rings. The summed E-state index contributed by atoms with van der Waals surface area (Å²) in [5.74, 6) is -0.172. The fraction of sp³-hybridized carbons (Fsp3) is 0.471. The van der Waals surface area contributed by atoms with Gasteiger partial charge in [-0.2, -0.15) is 5.10 Å². The standard InChI is InChI=1S/C17H24FN3O/c1-11-5-6-15(9-17(11)18)12(2)19-10-16-13(3)20-21(7-8-22)14(16)4/h5-6,9,12,19,22H,7-8,10H2,1-4H3. The summed E-state index contributed by atoms with van der Waals surface area (Å²) < 4.78 is 15.5. The molecule has 0 fully saturated rings. The van der Waals surface area contributed by atoms with Crippen molar-refractivity contribution in [1.82, 2.24) is 15.1 Å². The van der Waals surface area contributed by atoms with Crippen molar-refractivity contribution in [1.29, 1.82) is 0 Å². The van der Waals surface area contributed by atoms with Crippen molar-refractivity contribution < 1.29 is 9.50 Å². The molecule has 0 radical (unpaired) electrons. The summed E-state index contributed by atoms with van der Waals surface area (Å²) in [5.41, 5.74) is 4.74. The number of nitrogens with one attached hydrogen (secondary N) is 1. The summed E-state index contributed by atoms with van der Waals surface area (Å²) in [7, 11) is 0. The molecule has 0 saturated carbocycles. The summed E-state index contributed by atoms with van der Waals surface area (Å²) in [6, 6.07) is 5.39. The van der Waals surface area contributed by atoms with Crippen LogP contribution < -0.4 is 5.32 Å². The van der Waals surface area contributed by atoms with Gasteiger partial charge >= 0.3 is 0 Å². The van der Waals surface area contributed by atoms with Crippen molar-refractivity contribution in [2.24, 2.45) is 0 Å². The fourth-order valence-electron chi connectivity index (χ4n) is 2.55. The monoisotopic (exact) mass is 305 g/mol. The molecule has 2 N–H and O–H groups in total. The Morgan fingerprint density at radius 3 is 2.68 bits per heavy atom. The van der Waals surface area contributed by atoms with Crippen LogP contribution in [0.2, 0.25) is 0 Å². The van der Waals surface area contributed by atoms with Crippen molar-refractivity contribution >= 4 is 0 Å². The number of hydrogen-bond acceptors (Lipinski definition) is 3. The van der Waals surface area contributed by atoms with Crippen LogP contribution in [0, 0.1) is 26.6 Å². The number of halogens is 1. The number of nitrogens with zero attached hydrogens (tertiary/aromatic N) is 2. The van der Waals surface area contributed by atoms with Gasteiger partial charge in [-0.1, -0.05) is 12.1 Å². The molecule has 5 heteroatoms. The molecule has 1 unspecified atom stereocenters. The second-order valence-corrected chi connectivity index (χ2v) is 5.71. The van der Waals surface area contributed by atoms with E-state index in [1.807, 2.05) is 31.5 Å². The van der Waals surface area contributed by atoms with Crippen molar-refractivity contribution in [2.75, 3.05) is 6.61 Å². The van der Waals surface area contributed by atoms with E-state index in [0.29, 0.717) is 18.7 Å². The molecular weight excluding hydrogens is 281 g/mol. The predicted octanol–water partition coefficient (Wildman–Crippen LogP) is 2.79. The highest BCUT2D eigenvalue weighted by molar-refractivity contribution is 5.27. The number of aliphatic hydroxyl groups is 1. The third-order valence-electron chi connectivity index (χ3n) is 4.12. The van der Waals surface area contributed by atoms with Crippen molar-refractivity contribution in [3.63, 3.8) is 0 Å². The fourth-order valence-corrected chi connectivity index (χ4v) is 2.55. The Kier molecular flexibility index (Phi) is 5.32. The zero-order valence-corrected chi connectivity index (χ0v) is 13.7. The van der Waals surface area contributed by atoms with E-state index in [4.69, 9.17) is 5.11 Å². The van der Waals surface area contributed by atoms with Crippen LogP contribution in [0.4, 0.5) is 4.39 Å². The van der Waals surface area contributed by atoms with Gasteiger partial charge in [-0.25, -0.2) is 4.39 Å². The Morgan fingerprint density at radius 2 is 2.05 bits per heavy atom. The third kappa shape index (κ3) is 3.54.